The Bertz CT molecular complexity index is 717. The molecular weight excluding hydrogens is 344 g/mol. The summed E-state index contributed by atoms with van der Waals surface area (Å²) in [6.07, 6.45) is 4.09. The standard InChI is InChI=1S/C17H28N2O5S/c1-5-12(2)25(22,23)16(3,4)15(21)18-14-10-13(19-24-14)17(11-20)8-6-7-9-17/h10,12,20H,5-9,11H2,1-4H3,(H,18,21)/t12-/m0/s1. The Hall–Kier alpha value is -1.41. The molecule has 1 aromatic rings. The van der Waals surface area contributed by atoms with E-state index in [2.05, 4.69) is 10.5 Å². The van der Waals surface area contributed by atoms with Crippen LogP contribution in [0, 0.1) is 0 Å². The summed E-state index contributed by atoms with van der Waals surface area (Å²) in [4.78, 5) is 12.6. The molecule has 0 spiro atoms. The number of sulfone groups is 1. The normalized spacial score (nSPS) is 18.9. The van der Waals surface area contributed by atoms with Gasteiger partial charge in [0.25, 0.3) is 0 Å². The molecule has 1 amide bonds. The second kappa shape index (κ2) is 7.07. The molecule has 8 heteroatoms. The van der Waals surface area contributed by atoms with Gasteiger partial charge in [-0.05, 0) is 40.0 Å². The topological polar surface area (TPSA) is 110 Å². The van der Waals surface area contributed by atoms with Gasteiger partial charge in [-0.25, -0.2) is 8.42 Å². The molecule has 142 valence electrons. The van der Waals surface area contributed by atoms with E-state index in [0.29, 0.717) is 12.1 Å². The van der Waals surface area contributed by atoms with Crippen molar-refractivity contribution in [3.8, 4) is 0 Å². The van der Waals surface area contributed by atoms with Crippen LogP contribution in [0.1, 0.15) is 65.5 Å². The summed E-state index contributed by atoms with van der Waals surface area (Å²) in [7, 11) is -3.65. The van der Waals surface area contributed by atoms with Gasteiger partial charge >= 0.3 is 0 Å². The lowest BCUT2D eigenvalue weighted by Gasteiger charge is -2.26. The van der Waals surface area contributed by atoms with Crippen LogP contribution in [0.15, 0.2) is 10.6 Å². The largest absolute Gasteiger partial charge is 0.395 e. The number of aliphatic hydroxyl groups excluding tert-OH is 1. The first-order valence-electron chi connectivity index (χ1n) is 8.73. The minimum absolute atomic E-state index is 0.0270. The van der Waals surface area contributed by atoms with Gasteiger partial charge in [0.1, 0.15) is 4.75 Å². The highest BCUT2D eigenvalue weighted by Gasteiger charge is 2.45. The van der Waals surface area contributed by atoms with Gasteiger partial charge in [-0.3, -0.25) is 10.1 Å². The number of amides is 1. The zero-order chi connectivity index (χ0) is 18.9. The molecule has 0 aromatic carbocycles. The van der Waals surface area contributed by atoms with Gasteiger partial charge in [0, 0.05) is 11.5 Å². The van der Waals surface area contributed by atoms with Crippen molar-refractivity contribution >= 4 is 21.6 Å². The van der Waals surface area contributed by atoms with E-state index in [4.69, 9.17) is 4.52 Å². The second-order valence-corrected chi connectivity index (χ2v) is 10.4. The Morgan fingerprint density at radius 3 is 2.56 bits per heavy atom. The smallest absolute Gasteiger partial charge is 0.247 e. The number of hydrogen-bond acceptors (Lipinski definition) is 6. The highest BCUT2D eigenvalue weighted by molar-refractivity contribution is 7.94. The van der Waals surface area contributed by atoms with Gasteiger partial charge < -0.3 is 9.63 Å². The van der Waals surface area contributed by atoms with Crippen molar-refractivity contribution in [1.29, 1.82) is 0 Å². The Balaban J connectivity index is 2.19. The fraction of sp³-hybridized carbons (Fsp3) is 0.765. The van der Waals surface area contributed by atoms with Gasteiger partial charge in [-0.1, -0.05) is 24.9 Å². The number of nitrogens with one attached hydrogen (secondary N) is 1. The van der Waals surface area contributed by atoms with Crippen molar-refractivity contribution in [2.24, 2.45) is 0 Å². The van der Waals surface area contributed by atoms with Crippen LogP contribution in [0.25, 0.3) is 0 Å². The number of carbonyl (C=O) groups is 1. The Labute approximate surface area is 149 Å². The average Bonchev–Trinajstić information content (AvgIpc) is 3.23. The molecule has 0 radical (unpaired) electrons. The summed E-state index contributed by atoms with van der Waals surface area (Å²) < 4.78 is 28.8. The lowest BCUT2D eigenvalue weighted by atomic mass is 9.84. The minimum atomic E-state index is -3.65. The number of hydrogen-bond donors (Lipinski definition) is 2. The molecule has 25 heavy (non-hydrogen) atoms. The third-order valence-corrected chi connectivity index (χ3v) is 8.52. The van der Waals surface area contributed by atoms with Crippen LogP contribution in [-0.2, 0) is 20.0 Å². The maximum absolute atomic E-state index is 12.6. The molecule has 1 atom stereocenters. The summed E-state index contributed by atoms with van der Waals surface area (Å²) in [6.45, 7) is 6.14. The summed E-state index contributed by atoms with van der Waals surface area (Å²) >= 11 is 0. The van der Waals surface area contributed by atoms with Crippen molar-refractivity contribution in [1.82, 2.24) is 5.16 Å². The number of anilines is 1. The molecule has 1 aliphatic rings. The van der Waals surface area contributed by atoms with Crippen LogP contribution < -0.4 is 5.32 Å². The third kappa shape index (κ3) is 3.46. The maximum atomic E-state index is 12.6. The molecule has 1 aliphatic carbocycles. The van der Waals surface area contributed by atoms with Gasteiger partial charge in [0.15, 0.2) is 9.84 Å². The summed E-state index contributed by atoms with van der Waals surface area (Å²) in [6, 6.07) is 1.59. The van der Waals surface area contributed by atoms with E-state index in [1.54, 1.807) is 19.9 Å². The van der Waals surface area contributed by atoms with E-state index >= 15 is 0 Å². The molecule has 1 heterocycles. The highest BCUT2D eigenvalue weighted by Crippen LogP contribution is 2.40. The lowest BCUT2D eigenvalue weighted by molar-refractivity contribution is -0.118. The van der Waals surface area contributed by atoms with Crippen LogP contribution >= 0.6 is 0 Å². The molecule has 2 rings (SSSR count). The Kier molecular flexibility index (Phi) is 5.63. The van der Waals surface area contributed by atoms with E-state index < -0.39 is 31.2 Å². The first-order chi connectivity index (χ1) is 11.6. The molecule has 0 unspecified atom stereocenters. The fourth-order valence-corrected chi connectivity index (χ4v) is 5.00. The van der Waals surface area contributed by atoms with Crippen molar-refractivity contribution in [2.75, 3.05) is 11.9 Å². The van der Waals surface area contributed by atoms with E-state index in [1.807, 2.05) is 0 Å². The zero-order valence-electron chi connectivity index (χ0n) is 15.3. The van der Waals surface area contributed by atoms with Crippen molar-refractivity contribution in [3.05, 3.63) is 11.8 Å². The van der Waals surface area contributed by atoms with Gasteiger partial charge in [0.05, 0.1) is 17.6 Å². The van der Waals surface area contributed by atoms with Crippen molar-refractivity contribution in [3.63, 3.8) is 0 Å². The number of carbonyl (C=O) groups excluding carboxylic acids is 1. The van der Waals surface area contributed by atoms with E-state index in [1.165, 1.54) is 13.8 Å². The molecule has 0 bridgehead atoms. The monoisotopic (exact) mass is 372 g/mol. The molecule has 1 saturated carbocycles. The molecule has 0 saturated heterocycles. The fourth-order valence-electron chi connectivity index (χ4n) is 3.25. The number of aliphatic hydroxyl groups is 1. The van der Waals surface area contributed by atoms with Crippen LogP contribution in [0.3, 0.4) is 0 Å². The quantitative estimate of drug-likeness (QED) is 0.760. The zero-order valence-corrected chi connectivity index (χ0v) is 16.1. The predicted molar refractivity (Wildman–Crippen MR) is 95.1 cm³/mol. The minimum Gasteiger partial charge on any atom is -0.395 e. The first-order valence-corrected chi connectivity index (χ1v) is 10.3. The predicted octanol–water partition coefficient (Wildman–Crippen LogP) is 2.41. The van der Waals surface area contributed by atoms with Gasteiger partial charge in [0.2, 0.25) is 11.8 Å². The van der Waals surface area contributed by atoms with Crippen LogP contribution in [-0.4, -0.2) is 41.2 Å². The van der Waals surface area contributed by atoms with Crippen molar-refractivity contribution in [2.45, 2.75) is 75.2 Å². The number of rotatable bonds is 7. The van der Waals surface area contributed by atoms with Crippen LogP contribution in [0.5, 0.6) is 0 Å². The Morgan fingerprint density at radius 1 is 1.44 bits per heavy atom. The maximum Gasteiger partial charge on any atom is 0.247 e. The van der Waals surface area contributed by atoms with Gasteiger partial charge in [-0.15, -0.1) is 0 Å². The van der Waals surface area contributed by atoms with Crippen LogP contribution in [0.4, 0.5) is 5.88 Å². The molecule has 1 fully saturated rings. The summed E-state index contributed by atoms with van der Waals surface area (Å²) in [5, 5.41) is 15.6. The van der Waals surface area contributed by atoms with E-state index in [0.717, 1.165) is 25.7 Å². The highest BCUT2D eigenvalue weighted by atomic mass is 32.2. The molecule has 2 N–H and O–H groups in total. The summed E-state index contributed by atoms with van der Waals surface area (Å²) in [5.74, 6) is -0.549. The van der Waals surface area contributed by atoms with Crippen LogP contribution in [0.2, 0.25) is 0 Å². The molecule has 1 aromatic heterocycles. The molecule has 7 nitrogen and oxygen atoms in total. The second-order valence-electron chi connectivity index (χ2n) is 7.45. The SMILES string of the molecule is CC[C@H](C)S(=O)(=O)C(C)(C)C(=O)Nc1cc(C2(CO)CCCC2)no1. The molecule has 0 aliphatic heterocycles. The Morgan fingerprint density at radius 2 is 2.04 bits per heavy atom. The lowest BCUT2D eigenvalue weighted by Crippen LogP contribution is -2.48. The van der Waals surface area contributed by atoms with Gasteiger partial charge in [-0.2, -0.15) is 0 Å². The number of nitrogens with zero attached hydrogens (tertiary/aromatic N) is 1. The van der Waals surface area contributed by atoms with E-state index in [9.17, 15) is 18.3 Å². The first kappa shape index (κ1) is 19.9. The average molecular weight is 372 g/mol. The van der Waals surface area contributed by atoms with E-state index in [-0.39, 0.29) is 12.5 Å². The molecular formula is C17H28N2O5S. The third-order valence-electron chi connectivity index (χ3n) is 5.52. The summed E-state index contributed by atoms with van der Waals surface area (Å²) in [5.41, 5.74) is 0.176. The number of aromatic nitrogens is 1. The van der Waals surface area contributed by atoms with Crippen molar-refractivity contribution < 1.29 is 22.8 Å².